The van der Waals surface area contributed by atoms with Crippen molar-refractivity contribution in [3.05, 3.63) is 30.4 Å². The van der Waals surface area contributed by atoms with E-state index in [1.165, 1.54) is 0 Å². The number of piperidine rings is 1. The topological polar surface area (TPSA) is 77.1 Å². The molecule has 1 aliphatic heterocycles. The van der Waals surface area contributed by atoms with Crippen molar-refractivity contribution in [2.75, 3.05) is 13.1 Å². The Kier molecular flexibility index (Phi) is 4.22. The molecule has 1 aliphatic rings. The maximum atomic E-state index is 12.6. The fourth-order valence-corrected chi connectivity index (χ4v) is 2.86. The van der Waals surface area contributed by atoms with E-state index in [1.807, 2.05) is 29.5 Å². The lowest BCUT2D eigenvalue weighted by Crippen LogP contribution is -2.42. The molecule has 0 bridgehead atoms. The van der Waals surface area contributed by atoms with Crippen molar-refractivity contribution in [1.82, 2.24) is 24.6 Å². The molecule has 2 aromatic rings. The Morgan fingerprint density at radius 2 is 2.41 bits per heavy atom. The molecule has 3 heterocycles. The molecule has 0 spiro atoms. The molecule has 0 aliphatic carbocycles. The summed E-state index contributed by atoms with van der Waals surface area (Å²) >= 11 is 0. The molecular formula is C15H21N5O2. The van der Waals surface area contributed by atoms with Gasteiger partial charge in [0.1, 0.15) is 6.04 Å². The van der Waals surface area contributed by atoms with E-state index in [-0.39, 0.29) is 17.9 Å². The second-order valence-electron chi connectivity index (χ2n) is 5.71. The molecule has 3 rings (SSSR count). The van der Waals surface area contributed by atoms with Crippen molar-refractivity contribution >= 4 is 5.91 Å². The molecule has 0 aromatic carbocycles. The standard InChI is InChI=1S/C15H21N5O2/c1-3-13-17-14(18-22-13)12-5-4-7-19(9-12)15(21)11(2)20-8-6-16-10-20/h6,8,10-12H,3-5,7,9H2,1-2H3/t11-,12-/m1/s1. The van der Waals surface area contributed by atoms with E-state index in [0.717, 1.165) is 31.6 Å². The largest absolute Gasteiger partial charge is 0.340 e. The maximum absolute atomic E-state index is 12.6. The summed E-state index contributed by atoms with van der Waals surface area (Å²) in [6.07, 6.45) is 7.87. The number of hydrogen-bond donors (Lipinski definition) is 0. The first kappa shape index (κ1) is 14.7. The van der Waals surface area contributed by atoms with Crippen molar-refractivity contribution in [3.8, 4) is 0 Å². The maximum Gasteiger partial charge on any atom is 0.245 e. The van der Waals surface area contributed by atoms with Crippen LogP contribution >= 0.6 is 0 Å². The number of imidazole rings is 1. The molecule has 0 saturated carbocycles. The molecule has 2 aromatic heterocycles. The third kappa shape index (κ3) is 2.88. The highest BCUT2D eigenvalue weighted by molar-refractivity contribution is 5.80. The van der Waals surface area contributed by atoms with E-state index in [9.17, 15) is 4.79 Å². The smallest absolute Gasteiger partial charge is 0.245 e. The van der Waals surface area contributed by atoms with Crippen LogP contribution in [0.5, 0.6) is 0 Å². The molecule has 0 radical (unpaired) electrons. The number of rotatable bonds is 4. The minimum Gasteiger partial charge on any atom is -0.340 e. The van der Waals surface area contributed by atoms with Crippen LogP contribution < -0.4 is 0 Å². The molecule has 0 unspecified atom stereocenters. The van der Waals surface area contributed by atoms with Crippen LogP contribution in [0.2, 0.25) is 0 Å². The van der Waals surface area contributed by atoms with Gasteiger partial charge < -0.3 is 14.0 Å². The van der Waals surface area contributed by atoms with Crippen molar-refractivity contribution in [2.45, 2.75) is 45.1 Å². The summed E-state index contributed by atoms with van der Waals surface area (Å²) in [6.45, 7) is 5.32. The Labute approximate surface area is 129 Å². The third-order valence-electron chi connectivity index (χ3n) is 4.21. The van der Waals surface area contributed by atoms with Crippen LogP contribution in [-0.2, 0) is 11.2 Å². The number of amides is 1. The first-order valence-electron chi connectivity index (χ1n) is 7.77. The number of likely N-dealkylation sites (tertiary alicyclic amines) is 1. The SMILES string of the molecule is CCc1nc([C@@H]2CCCN(C(=O)[C@@H](C)n3ccnc3)C2)no1. The summed E-state index contributed by atoms with van der Waals surface area (Å²) in [5, 5.41) is 4.06. The van der Waals surface area contributed by atoms with Crippen molar-refractivity contribution in [2.24, 2.45) is 0 Å². The number of hydrogen-bond acceptors (Lipinski definition) is 5. The molecule has 2 atom stereocenters. The summed E-state index contributed by atoms with van der Waals surface area (Å²) in [5.74, 6) is 1.66. The van der Waals surface area contributed by atoms with Gasteiger partial charge in [0.05, 0.1) is 6.33 Å². The van der Waals surface area contributed by atoms with Gasteiger partial charge in [-0.15, -0.1) is 0 Å². The van der Waals surface area contributed by atoms with Gasteiger partial charge in [-0.3, -0.25) is 4.79 Å². The van der Waals surface area contributed by atoms with Gasteiger partial charge in [0, 0.05) is 37.8 Å². The van der Waals surface area contributed by atoms with Crippen LogP contribution in [0.4, 0.5) is 0 Å². The van der Waals surface area contributed by atoms with Gasteiger partial charge in [0.15, 0.2) is 5.82 Å². The molecule has 1 saturated heterocycles. The molecule has 7 heteroatoms. The summed E-state index contributed by atoms with van der Waals surface area (Å²) in [7, 11) is 0. The van der Waals surface area contributed by atoms with Crippen LogP contribution in [0.25, 0.3) is 0 Å². The monoisotopic (exact) mass is 303 g/mol. The molecule has 22 heavy (non-hydrogen) atoms. The summed E-state index contributed by atoms with van der Waals surface area (Å²) < 4.78 is 7.02. The van der Waals surface area contributed by atoms with E-state index in [0.29, 0.717) is 12.4 Å². The van der Waals surface area contributed by atoms with E-state index < -0.39 is 0 Å². The van der Waals surface area contributed by atoms with Crippen LogP contribution in [0.1, 0.15) is 50.4 Å². The molecule has 7 nitrogen and oxygen atoms in total. The number of nitrogens with zero attached hydrogens (tertiary/aromatic N) is 5. The quantitative estimate of drug-likeness (QED) is 0.860. The minimum atomic E-state index is -0.238. The number of carbonyl (C=O) groups is 1. The second kappa shape index (κ2) is 6.29. The zero-order chi connectivity index (χ0) is 15.5. The van der Waals surface area contributed by atoms with Gasteiger partial charge in [0.25, 0.3) is 0 Å². The Balaban J connectivity index is 1.68. The fraction of sp³-hybridized carbons (Fsp3) is 0.600. The average Bonchev–Trinajstić information content (AvgIpc) is 3.24. The predicted molar refractivity (Wildman–Crippen MR) is 79.2 cm³/mol. The zero-order valence-corrected chi connectivity index (χ0v) is 13.0. The van der Waals surface area contributed by atoms with Crippen LogP contribution in [0, 0.1) is 0 Å². The van der Waals surface area contributed by atoms with E-state index in [1.54, 1.807) is 12.5 Å². The summed E-state index contributed by atoms with van der Waals surface area (Å²) in [4.78, 5) is 23.0. The molecule has 1 amide bonds. The number of aromatic nitrogens is 4. The lowest BCUT2D eigenvalue weighted by atomic mass is 9.97. The lowest BCUT2D eigenvalue weighted by molar-refractivity contribution is -0.135. The zero-order valence-electron chi connectivity index (χ0n) is 13.0. The van der Waals surface area contributed by atoms with Crippen molar-refractivity contribution in [1.29, 1.82) is 0 Å². The first-order chi connectivity index (χ1) is 10.7. The van der Waals surface area contributed by atoms with Gasteiger partial charge in [-0.2, -0.15) is 4.98 Å². The van der Waals surface area contributed by atoms with E-state index in [4.69, 9.17) is 4.52 Å². The highest BCUT2D eigenvalue weighted by atomic mass is 16.5. The molecule has 118 valence electrons. The summed E-state index contributed by atoms with van der Waals surface area (Å²) in [6, 6.07) is -0.238. The fourth-order valence-electron chi connectivity index (χ4n) is 2.86. The van der Waals surface area contributed by atoms with Gasteiger partial charge in [-0.05, 0) is 19.8 Å². The van der Waals surface area contributed by atoms with Gasteiger partial charge in [0.2, 0.25) is 11.8 Å². The second-order valence-corrected chi connectivity index (χ2v) is 5.71. The van der Waals surface area contributed by atoms with Crippen LogP contribution in [0.3, 0.4) is 0 Å². The highest BCUT2D eigenvalue weighted by Crippen LogP contribution is 2.26. The van der Waals surface area contributed by atoms with Crippen LogP contribution in [-0.4, -0.2) is 43.6 Å². The number of aryl methyl sites for hydroxylation is 1. The first-order valence-corrected chi connectivity index (χ1v) is 7.77. The minimum absolute atomic E-state index is 0.113. The van der Waals surface area contributed by atoms with Crippen LogP contribution in [0.15, 0.2) is 23.2 Å². The normalized spacial score (nSPS) is 20.1. The van der Waals surface area contributed by atoms with Gasteiger partial charge >= 0.3 is 0 Å². The molecule has 1 fully saturated rings. The van der Waals surface area contributed by atoms with Crippen molar-refractivity contribution in [3.63, 3.8) is 0 Å². The third-order valence-corrected chi connectivity index (χ3v) is 4.21. The van der Waals surface area contributed by atoms with Gasteiger partial charge in [-0.25, -0.2) is 4.98 Å². The summed E-state index contributed by atoms with van der Waals surface area (Å²) in [5.41, 5.74) is 0. The Bertz CT molecular complexity index is 622. The average molecular weight is 303 g/mol. The molecule has 0 N–H and O–H groups in total. The Morgan fingerprint density at radius 3 is 3.09 bits per heavy atom. The predicted octanol–water partition coefficient (Wildman–Crippen LogP) is 1.80. The Morgan fingerprint density at radius 1 is 1.55 bits per heavy atom. The van der Waals surface area contributed by atoms with Gasteiger partial charge in [-0.1, -0.05) is 12.1 Å². The lowest BCUT2D eigenvalue weighted by Gasteiger charge is -2.33. The van der Waals surface area contributed by atoms with Crippen molar-refractivity contribution < 1.29 is 9.32 Å². The molecular weight excluding hydrogens is 282 g/mol. The number of carbonyl (C=O) groups excluding carboxylic acids is 1. The van der Waals surface area contributed by atoms with E-state index >= 15 is 0 Å². The highest BCUT2D eigenvalue weighted by Gasteiger charge is 2.30. The van der Waals surface area contributed by atoms with E-state index in [2.05, 4.69) is 15.1 Å². The Hall–Kier alpha value is -2.18.